The maximum Gasteiger partial charge on any atom is 0.248 e. The quantitative estimate of drug-likeness (QED) is 0.745. The number of hydrogen-bond acceptors (Lipinski definition) is 4. The number of nitrogens with one attached hydrogen (secondary N) is 1. The summed E-state index contributed by atoms with van der Waals surface area (Å²) in [5, 5.41) is 3.47. The monoisotopic (exact) mass is 242 g/mol. The summed E-state index contributed by atoms with van der Waals surface area (Å²) in [5.74, 6) is 0.542. The van der Waals surface area contributed by atoms with Gasteiger partial charge in [-0.05, 0) is 18.8 Å². The molecular formula is C12H22N2O3. The minimum absolute atomic E-state index is 0.0230. The number of fused-ring (bicyclic) bond motifs is 1. The Bertz CT molecular complexity index is 256. The van der Waals surface area contributed by atoms with E-state index in [1.807, 2.05) is 0 Å². The van der Waals surface area contributed by atoms with E-state index in [2.05, 4.69) is 5.32 Å². The fraction of sp³-hybridized carbons (Fsp3) is 0.917. The number of morpholine rings is 1. The normalized spacial score (nSPS) is 32.2. The van der Waals surface area contributed by atoms with Crippen LogP contribution in [0.25, 0.3) is 0 Å². The zero-order valence-electron chi connectivity index (χ0n) is 10.6. The van der Waals surface area contributed by atoms with E-state index < -0.39 is 0 Å². The second-order valence-electron chi connectivity index (χ2n) is 5.11. The van der Waals surface area contributed by atoms with Gasteiger partial charge in [0, 0.05) is 26.7 Å². The van der Waals surface area contributed by atoms with Crippen LogP contribution in [0.3, 0.4) is 0 Å². The Labute approximate surface area is 102 Å². The van der Waals surface area contributed by atoms with Crippen LogP contribution in [0.4, 0.5) is 0 Å². The lowest BCUT2D eigenvalue weighted by Crippen LogP contribution is -2.44. The summed E-state index contributed by atoms with van der Waals surface area (Å²) in [6.45, 7) is 2.62. The van der Waals surface area contributed by atoms with Crippen molar-refractivity contribution < 1.29 is 14.3 Å². The maximum absolute atomic E-state index is 11.3. The van der Waals surface area contributed by atoms with Gasteiger partial charge in [0.25, 0.3) is 0 Å². The number of nitrogens with zero attached hydrogens (tertiary/aromatic N) is 1. The van der Waals surface area contributed by atoms with Crippen molar-refractivity contribution in [2.45, 2.75) is 25.0 Å². The molecule has 2 aliphatic rings. The minimum Gasteiger partial charge on any atom is -0.375 e. The molecule has 0 radical (unpaired) electrons. The molecule has 2 fully saturated rings. The predicted molar refractivity (Wildman–Crippen MR) is 63.8 cm³/mol. The molecule has 17 heavy (non-hydrogen) atoms. The first-order valence-electron chi connectivity index (χ1n) is 6.29. The Morgan fingerprint density at radius 3 is 3.00 bits per heavy atom. The molecule has 3 atom stereocenters. The van der Waals surface area contributed by atoms with E-state index in [-0.39, 0.29) is 12.5 Å². The largest absolute Gasteiger partial charge is 0.375 e. The van der Waals surface area contributed by atoms with Gasteiger partial charge in [0.1, 0.15) is 6.61 Å². The first kappa shape index (κ1) is 12.8. The number of ether oxygens (including phenoxy) is 2. The van der Waals surface area contributed by atoms with Gasteiger partial charge in [0.2, 0.25) is 5.91 Å². The third-order valence-corrected chi connectivity index (χ3v) is 3.52. The second-order valence-corrected chi connectivity index (χ2v) is 5.11. The lowest BCUT2D eigenvalue weighted by atomic mass is 10.1. The Hall–Kier alpha value is -0.650. The summed E-state index contributed by atoms with van der Waals surface area (Å²) in [6, 6.07) is 0.488. The summed E-state index contributed by atoms with van der Waals surface area (Å²) in [6.07, 6.45) is 2.50. The summed E-state index contributed by atoms with van der Waals surface area (Å²) < 4.78 is 11.2. The average Bonchev–Trinajstić information content (AvgIpc) is 2.71. The number of rotatable bonds is 4. The second kappa shape index (κ2) is 5.80. The van der Waals surface area contributed by atoms with Crippen LogP contribution >= 0.6 is 0 Å². The zero-order chi connectivity index (χ0) is 12.3. The molecule has 1 aliphatic carbocycles. The lowest BCUT2D eigenvalue weighted by Gasteiger charge is -2.26. The van der Waals surface area contributed by atoms with Crippen LogP contribution < -0.4 is 5.32 Å². The van der Waals surface area contributed by atoms with E-state index in [1.54, 1.807) is 19.0 Å². The smallest absolute Gasteiger partial charge is 0.248 e. The molecule has 1 saturated heterocycles. The van der Waals surface area contributed by atoms with Crippen molar-refractivity contribution in [3.05, 3.63) is 0 Å². The van der Waals surface area contributed by atoms with Crippen LogP contribution in [0, 0.1) is 5.92 Å². The molecule has 0 aromatic carbocycles. The highest BCUT2D eigenvalue weighted by Crippen LogP contribution is 2.30. The Morgan fingerprint density at radius 1 is 1.47 bits per heavy atom. The van der Waals surface area contributed by atoms with Crippen LogP contribution in [-0.2, 0) is 14.3 Å². The molecule has 0 aromatic rings. The van der Waals surface area contributed by atoms with E-state index in [0.717, 1.165) is 26.0 Å². The van der Waals surface area contributed by atoms with Crippen LogP contribution in [0.5, 0.6) is 0 Å². The molecule has 5 nitrogen and oxygen atoms in total. The Morgan fingerprint density at radius 2 is 2.29 bits per heavy atom. The highest BCUT2D eigenvalue weighted by molar-refractivity contribution is 5.76. The van der Waals surface area contributed by atoms with E-state index in [0.29, 0.717) is 24.7 Å². The molecule has 1 aliphatic heterocycles. The van der Waals surface area contributed by atoms with E-state index in [1.165, 1.54) is 0 Å². The number of likely N-dealkylation sites (N-methyl/N-ethyl adjacent to an activating group) is 1. The molecule has 1 saturated carbocycles. The fourth-order valence-electron chi connectivity index (χ4n) is 2.53. The van der Waals surface area contributed by atoms with Crippen molar-refractivity contribution in [1.29, 1.82) is 0 Å². The molecule has 3 unspecified atom stereocenters. The highest BCUT2D eigenvalue weighted by atomic mass is 16.5. The van der Waals surface area contributed by atoms with Crippen LogP contribution in [0.2, 0.25) is 0 Å². The standard InChI is InChI=1S/C12H22N2O3/c1-14(2)12(15)8-16-7-9-5-10-11(6-9)17-4-3-13-10/h9-11,13H,3-8H2,1-2H3. The van der Waals surface area contributed by atoms with Crippen molar-refractivity contribution in [1.82, 2.24) is 10.2 Å². The van der Waals surface area contributed by atoms with Gasteiger partial charge in [-0.15, -0.1) is 0 Å². The summed E-state index contributed by atoms with van der Waals surface area (Å²) >= 11 is 0. The Kier molecular flexibility index (Phi) is 4.36. The first-order chi connectivity index (χ1) is 8.16. The van der Waals surface area contributed by atoms with Crippen molar-refractivity contribution in [3.8, 4) is 0 Å². The van der Waals surface area contributed by atoms with Gasteiger partial charge in [-0.25, -0.2) is 0 Å². The van der Waals surface area contributed by atoms with Crippen molar-refractivity contribution in [2.24, 2.45) is 5.92 Å². The van der Waals surface area contributed by atoms with Crippen molar-refractivity contribution in [3.63, 3.8) is 0 Å². The molecule has 2 rings (SSSR count). The molecular weight excluding hydrogens is 220 g/mol. The van der Waals surface area contributed by atoms with Gasteiger partial charge in [0.15, 0.2) is 0 Å². The highest BCUT2D eigenvalue weighted by Gasteiger charge is 2.36. The predicted octanol–water partition coefficient (Wildman–Crippen LogP) is -0.142. The fourth-order valence-corrected chi connectivity index (χ4v) is 2.53. The third kappa shape index (κ3) is 3.40. The van der Waals surface area contributed by atoms with E-state index >= 15 is 0 Å². The van der Waals surface area contributed by atoms with E-state index in [4.69, 9.17) is 9.47 Å². The minimum atomic E-state index is 0.0230. The number of amides is 1. The number of hydrogen-bond donors (Lipinski definition) is 1. The number of carbonyl (C=O) groups excluding carboxylic acids is 1. The SMILES string of the molecule is CN(C)C(=O)COCC1CC2NCCOC2C1. The van der Waals surface area contributed by atoms with Crippen LogP contribution in [0.15, 0.2) is 0 Å². The molecule has 98 valence electrons. The average molecular weight is 242 g/mol. The topological polar surface area (TPSA) is 50.8 Å². The summed E-state index contributed by atoms with van der Waals surface area (Å²) in [5.41, 5.74) is 0. The number of carbonyl (C=O) groups is 1. The van der Waals surface area contributed by atoms with Crippen molar-refractivity contribution >= 4 is 5.91 Å². The maximum atomic E-state index is 11.3. The molecule has 1 heterocycles. The van der Waals surface area contributed by atoms with Crippen molar-refractivity contribution in [2.75, 3.05) is 40.5 Å². The summed E-state index contributed by atoms with van der Waals surface area (Å²) in [7, 11) is 3.49. The molecule has 1 amide bonds. The molecule has 5 heteroatoms. The molecule has 0 aromatic heterocycles. The van der Waals surface area contributed by atoms with Gasteiger partial charge in [-0.2, -0.15) is 0 Å². The molecule has 0 bridgehead atoms. The van der Waals surface area contributed by atoms with Gasteiger partial charge in [-0.1, -0.05) is 0 Å². The first-order valence-corrected chi connectivity index (χ1v) is 6.29. The Balaban J connectivity index is 1.66. The molecule has 1 N–H and O–H groups in total. The molecule has 0 spiro atoms. The summed E-state index contributed by atoms with van der Waals surface area (Å²) in [4.78, 5) is 12.9. The lowest BCUT2D eigenvalue weighted by molar-refractivity contribution is -0.134. The van der Waals surface area contributed by atoms with Gasteiger partial charge < -0.3 is 19.7 Å². The van der Waals surface area contributed by atoms with Gasteiger partial charge in [0.05, 0.1) is 19.3 Å². The van der Waals surface area contributed by atoms with Gasteiger partial charge in [-0.3, -0.25) is 4.79 Å². The third-order valence-electron chi connectivity index (χ3n) is 3.52. The van der Waals surface area contributed by atoms with Gasteiger partial charge >= 0.3 is 0 Å². The van der Waals surface area contributed by atoms with Crippen LogP contribution in [0.1, 0.15) is 12.8 Å². The zero-order valence-corrected chi connectivity index (χ0v) is 10.6. The van der Waals surface area contributed by atoms with E-state index in [9.17, 15) is 4.79 Å². The van der Waals surface area contributed by atoms with Crippen LogP contribution in [-0.4, -0.2) is 63.4 Å².